The third-order valence-electron chi connectivity index (χ3n) is 5.54. The van der Waals surface area contributed by atoms with E-state index in [-0.39, 0.29) is 18.7 Å². The quantitative estimate of drug-likeness (QED) is 0.894. The van der Waals surface area contributed by atoms with Crippen LogP contribution in [0.5, 0.6) is 11.5 Å². The van der Waals surface area contributed by atoms with Crippen LogP contribution in [0.3, 0.4) is 0 Å². The lowest BCUT2D eigenvalue weighted by Crippen LogP contribution is -2.52. The SMILES string of the molecule is Cn1nccc1N1CCC[C@@H](NC(=O)C(C)(C)c2ccc3c(c2)OCO3)C1. The van der Waals surface area contributed by atoms with E-state index in [4.69, 9.17) is 9.47 Å². The van der Waals surface area contributed by atoms with Crippen LogP contribution in [0.25, 0.3) is 0 Å². The van der Waals surface area contributed by atoms with E-state index in [0.717, 1.165) is 43.1 Å². The summed E-state index contributed by atoms with van der Waals surface area (Å²) in [6, 6.07) is 7.85. The van der Waals surface area contributed by atoms with E-state index in [1.807, 2.05) is 49.8 Å². The zero-order valence-electron chi connectivity index (χ0n) is 16.1. The first kappa shape index (κ1) is 17.7. The number of aromatic nitrogens is 2. The molecule has 1 amide bonds. The van der Waals surface area contributed by atoms with Crippen LogP contribution in [0.2, 0.25) is 0 Å². The number of hydrogen-bond acceptors (Lipinski definition) is 5. The number of fused-ring (bicyclic) bond motifs is 1. The van der Waals surface area contributed by atoms with E-state index < -0.39 is 5.41 Å². The first-order valence-electron chi connectivity index (χ1n) is 9.39. The van der Waals surface area contributed by atoms with Gasteiger partial charge in [0.2, 0.25) is 12.7 Å². The van der Waals surface area contributed by atoms with E-state index in [0.29, 0.717) is 5.75 Å². The summed E-state index contributed by atoms with van der Waals surface area (Å²) in [6.07, 6.45) is 3.83. The van der Waals surface area contributed by atoms with E-state index in [2.05, 4.69) is 15.3 Å². The van der Waals surface area contributed by atoms with Crippen LogP contribution in [0, 0.1) is 0 Å². The molecule has 2 aromatic rings. The molecule has 7 nitrogen and oxygen atoms in total. The van der Waals surface area contributed by atoms with Crippen LogP contribution in [-0.2, 0) is 17.3 Å². The van der Waals surface area contributed by atoms with Crippen molar-refractivity contribution < 1.29 is 14.3 Å². The molecule has 2 aliphatic heterocycles. The van der Waals surface area contributed by atoms with Crippen molar-refractivity contribution in [3.05, 3.63) is 36.0 Å². The second-order valence-electron chi connectivity index (χ2n) is 7.76. The lowest BCUT2D eigenvalue weighted by atomic mass is 9.83. The monoisotopic (exact) mass is 370 g/mol. The van der Waals surface area contributed by atoms with Gasteiger partial charge in [0, 0.05) is 32.2 Å². The molecule has 1 N–H and O–H groups in total. The Morgan fingerprint density at radius 1 is 1.26 bits per heavy atom. The molecule has 144 valence electrons. The van der Waals surface area contributed by atoms with E-state index in [1.165, 1.54) is 0 Å². The molecule has 1 saturated heterocycles. The largest absolute Gasteiger partial charge is 0.454 e. The molecule has 1 atom stereocenters. The van der Waals surface area contributed by atoms with E-state index >= 15 is 0 Å². The van der Waals surface area contributed by atoms with Gasteiger partial charge in [0.05, 0.1) is 11.6 Å². The molecule has 0 unspecified atom stereocenters. The summed E-state index contributed by atoms with van der Waals surface area (Å²) in [5, 5.41) is 7.51. The van der Waals surface area contributed by atoms with Crippen molar-refractivity contribution in [3.63, 3.8) is 0 Å². The zero-order chi connectivity index (χ0) is 19.0. The second kappa shape index (κ2) is 6.79. The molecule has 0 spiro atoms. The van der Waals surface area contributed by atoms with Crippen molar-refractivity contribution in [2.45, 2.75) is 38.1 Å². The van der Waals surface area contributed by atoms with E-state index in [1.54, 1.807) is 6.20 Å². The van der Waals surface area contributed by atoms with Gasteiger partial charge in [-0.2, -0.15) is 5.10 Å². The molecule has 27 heavy (non-hydrogen) atoms. The van der Waals surface area contributed by atoms with Crippen molar-refractivity contribution in [1.82, 2.24) is 15.1 Å². The van der Waals surface area contributed by atoms with Gasteiger partial charge in [0.15, 0.2) is 11.5 Å². The maximum Gasteiger partial charge on any atom is 0.231 e. The molecule has 1 aromatic carbocycles. The van der Waals surface area contributed by atoms with Crippen molar-refractivity contribution in [2.75, 3.05) is 24.8 Å². The molecule has 3 heterocycles. The molecule has 0 radical (unpaired) electrons. The number of benzene rings is 1. The van der Waals surface area contributed by atoms with Gasteiger partial charge in [-0.15, -0.1) is 0 Å². The van der Waals surface area contributed by atoms with Crippen molar-refractivity contribution in [2.24, 2.45) is 7.05 Å². The summed E-state index contributed by atoms with van der Waals surface area (Å²) in [5.74, 6) is 2.55. The van der Waals surface area contributed by atoms with E-state index in [9.17, 15) is 4.79 Å². The van der Waals surface area contributed by atoms with Gasteiger partial charge in [0.25, 0.3) is 0 Å². The number of aryl methyl sites for hydroxylation is 1. The molecule has 7 heteroatoms. The number of hydrogen-bond donors (Lipinski definition) is 1. The highest BCUT2D eigenvalue weighted by Crippen LogP contribution is 2.36. The van der Waals surface area contributed by atoms with Crippen molar-refractivity contribution in [3.8, 4) is 11.5 Å². The van der Waals surface area contributed by atoms with Gasteiger partial charge in [-0.25, -0.2) is 0 Å². The Hall–Kier alpha value is -2.70. The minimum Gasteiger partial charge on any atom is -0.454 e. The lowest BCUT2D eigenvalue weighted by Gasteiger charge is -2.36. The third kappa shape index (κ3) is 3.34. The van der Waals surface area contributed by atoms with Crippen LogP contribution in [0.1, 0.15) is 32.3 Å². The van der Waals surface area contributed by atoms with Crippen LogP contribution in [-0.4, -0.2) is 41.6 Å². The maximum atomic E-state index is 13.1. The number of nitrogens with zero attached hydrogens (tertiary/aromatic N) is 3. The Morgan fingerprint density at radius 2 is 2.07 bits per heavy atom. The predicted molar refractivity (Wildman–Crippen MR) is 102 cm³/mol. The first-order chi connectivity index (χ1) is 12.9. The van der Waals surface area contributed by atoms with Crippen LogP contribution in [0.4, 0.5) is 5.82 Å². The summed E-state index contributed by atoms with van der Waals surface area (Å²) >= 11 is 0. The Balaban J connectivity index is 1.45. The number of carbonyl (C=O) groups is 1. The smallest absolute Gasteiger partial charge is 0.231 e. The Kier molecular flexibility index (Phi) is 4.45. The second-order valence-corrected chi connectivity index (χ2v) is 7.76. The minimum atomic E-state index is -0.657. The summed E-state index contributed by atoms with van der Waals surface area (Å²) < 4.78 is 12.7. The molecule has 4 rings (SSSR count). The third-order valence-corrected chi connectivity index (χ3v) is 5.54. The van der Waals surface area contributed by atoms with Gasteiger partial charge < -0.3 is 19.7 Å². The van der Waals surface area contributed by atoms with Crippen LogP contribution >= 0.6 is 0 Å². The summed E-state index contributed by atoms with van der Waals surface area (Å²) in [7, 11) is 1.94. The van der Waals surface area contributed by atoms with Gasteiger partial charge in [-0.1, -0.05) is 6.07 Å². The summed E-state index contributed by atoms with van der Waals surface area (Å²) in [4.78, 5) is 15.4. The molecule has 0 saturated carbocycles. The molecule has 0 bridgehead atoms. The molecule has 1 fully saturated rings. The zero-order valence-corrected chi connectivity index (χ0v) is 16.1. The summed E-state index contributed by atoms with van der Waals surface area (Å²) in [6.45, 7) is 5.90. The fourth-order valence-electron chi connectivity index (χ4n) is 3.76. The number of piperidine rings is 1. The topological polar surface area (TPSA) is 68.6 Å². The van der Waals surface area contributed by atoms with Gasteiger partial charge in [-0.3, -0.25) is 9.48 Å². The normalized spacial score (nSPS) is 19.2. The molecular formula is C20H26N4O3. The highest BCUT2D eigenvalue weighted by Gasteiger charge is 2.34. The average Bonchev–Trinajstić information content (AvgIpc) is 3.29. The Labute approximate surface area is 159 Å². The lowest BCUT2D eigenvalue weighted by molar-refractivity contribution is -0.126. The number of nitrogens with one attached hydrogen (secondary N) is 1. The fraction of sp³-hybridized carbons (Fsp3) is 0.500. The molecule has 0 aliphatic carbocycles. The van der Waals surface area contributed by atoms with Gasteiger partial charge in [-0.05, 0) is 44.4 Å². The highest BCUT2D eigenvalue weighted by molar-refractivity contribution is 5.87. The molecule has 1 aromatic heterocycles. The summed E-state index contributed by atoms with van der Waals surface area (Å²) in [5.41, 5.74) is 0.263. The molecular weight excluding hydrogens is 344 g/mol. The number of carbonyl (C=O) groups excluding carboxylic acids is 1. The van der Waals surface area contributed by atoms with Crippen molar-refractivity contribution in [1.29, 1.82) is 0 Å². The first-order valence-corrected chi connectivity index (χ1v) is 9.39. The Bertz CT molecular complexity index is 846. The Morgan fingerprint density at radius 3 is 2.85 bits per heavy atom. The van der Waals surface area contributed by atoms with Gasteiger partial charge in [0.1, 0.15) is 5.82 Å². The van der Waals surface area contributed by atoms with Crippen LogP contribution < -0.4 is 19.7 Å². The van der Waals surface area contributed by atoms with Crippen molar-refractivity contribution >= 4 is 11.7 Å². The number of ether oxygens (including phenoxy) is 2. The predicted octanol–water partition coefficient (Wildman–Crippen LogP) is 2.21. The average molecular weight is 370 g/mol. The van der Waals surface area contributed by atoms with Crippen LogP contribution in [0.15, 0.2) is 30.5 Å². The maximum absolute atomic E-state index is 13.1. The minimum absolute atomic E-state index is 0.0261. The number of anilines is 1. The fourth-order valence-corrected chi connectivity index (χ4v) is 3.76. The highest BCUT2D eigenvalue weighted by atomic mass is 16.7. The van der Waals surface area contributed by atoms with Gasteiger partial charge >= 0.3 is 0 Å². The number of amides is 1. The standard InChI is InChI=1S/C20H26N4O3/c1-20(2,14-6-7-16-17(11-14)27-13-26-16)19(25)22-15-5-4-10-24(12-15)18-8-9-21-23(18)3/h6-9,11,15H,4-5,10,12-13H2,1-3H3,(H,22,25)/t15-/m1/s1. The molecule has 2 aliphatic rings. The number of rotatable bonds is 4.